The van der Waals surface area contributed by atoms with E-state index >= 15 is 0 Å². The van der Waals surface area contributed by atoms with Crippen LogP contribution in [-0.2, 0) is 0 Å². The van der Waals surface area contributed by atoms with Crippen LogP contribution in [0, 0.1) is 0 Å². The van der Waals surface area contributed by atoms with Gasteiger partial charge in [-0.2, -0.15) is 13.2 Å². The van der Waals surface area contributed by atoms with E-state index in [1.54, 1.807) is 0 Å². The lowest BCUT2D eigenvalue weighted by Crippen LogP contribution is -2.36. The van der Waals surface area contributed by atoms with Crippen molar-refractivity contribution in [3.8, 4) is 0 Å². The van der Waals surface area contributed by atoms with Crippen LogP contribution in [-0.4, -0.2) is 42.6 Å². The highest BCUT2D eigenvalue weighted by Crippen LogP contribution is 2.21. The highest BCUT2D eigenvalue weighted by Gasteiger charge is 2.32. The summed E-state index contributed by atoms with van der Waals surface area (Å²) in [5.74, 6) is -0.511. The Morgan fingerprint density at radius 1 is 1.56 bits per heavy atom. The molecule has 1 rings (SSSR count). The standard InChI is InChI=1S/C10H11BrF3N3O/c1-15-8-7(3-6(11)4-16-8)9(18)17(2)5-10(12,13)14/h3-4H,5H2,1-2H3,(H,15,16). The van der Waals surface area contributed by atoms with Crippen LogP contribution in [0.3, 0.4) is 0 Å². The predicted octanol–water partition coefficient (Wildman–Crippen LogP) is 2.52. The van der Waals surface area contributed by atoms with Crippen molar-refractivity contribution in [1.29, 1.82) is 0 Å². The molecule has 1 heterocycles. The van der Waals surface area contributed by atoms with Crippen molar-refractivity contribution >= 4 is 27.7 Å². The second kappa shape index (κ2) is 5.55. The lowest BCUT2D eigenvalue weighted by molar-refractivity contribution is -0.138. The maximum atomic E-state index is 12.2. The van der Waals surface area contributed by atoms with Gasteiger partial charge in [0.2, 0.25) is 0 Å². The average molecular weight is 326 g/mol. The molecule has 0 saturated heterocycles. The third-order valence-electron chi connectivity index (χ3n) is 2.08. The van der Waals surface area contributed by atoms with Gasteiger partial charge in [0.05, 0.1) is 5.56 Å². The van der Waals surface area contributed by atoms with Gasteiger partial charge in [0.15, 0.2) is 0 Å². The van der Waals surface area contributed by atoms with Gasteiger partial charge in [-0.15, -0.1) is 0 Å². The van der Waals surface area contributed by atoms with Crippen molar-refractivity contribution in [2.45, 2.75) is 6.18 Å². The van der Waals surface area contributed by atoms with Crippen molar-refractivity contribution in [2.75, 3.05) is 26.0 Å². The largest absolute Gasteiger partial charge is 0.406 e. The highest BCUT2D eigenvalue weighted by molar-refractivity contribution is 9.10. The Morgan fingerprint density at radius 3 is 2.67 bits per heavy atom. The zero-order chi connectivity index (χ0) is 13.9. The van der Waals surface area contributed by atoms with Crippen LogP contribution < -0.4 is 5.32 Å². The van der Waals surface area contributed by atoms with Crippen molar-refractivity contribution < 1.29 is 18.0 Å². The van der Waals surface area contributed by atoms with Crippen molar-refractivity contribution in [1.82, 2.24) is 9.88 Å². The van der Waals surface area contributed by atoms with E-state index in [2.05, 4.69) is 26.2 Å². The smallest absolute Gasteiger partial charge is 0.372 e. The fourth-order valence-electron chi connectivity index (χ4n) is 1.35. The van der Waals surface area contributed by atoms with Gasteiger partial charge in [0.25, 0.3) is 5.91 Å². The summed E-state index contributed by atoms with van der Waals surface area (Å²) >= 11 is 3.12. The number of carbonyl (C=O) groups excluding carboxylic acids is 1. The van der Waals surface area contributed by atoms with Crippen LogP contribution in [0.5, 0.6) is 0 Å². The summed E-state index contributed by atoms with van der Waals surface area (Å²) in [6.07, 6.45) is -2.98. The monoisotopic (exact) mass is 325 g/mol. The molecule has 1 aromatic rings. The Hall–Kier alpha value is -1.31. The number of rotatable bonds is 3. The lowest BCUT2D eigenvalue weighted by Gasteiger charge is -2.20. The molecule has 0 saturated carbocycles. The summed E-state index contributed by atoms with van der Waals surface area (Å²) in [4.78, 5) is 16.4. The molecule has 0 unspecified atom stereocenters. The first kappa shape index (κ1) is 14.7. The fraction of sp³-hybridized carbons (Fsp3) is 0.400. The molecule has 0 fully saturated rings. The van der Waals surface area contributed by atoms with Crippen LogP contribution in [0.2, 0.25) is 0 Å². The highest BCUT2D eigenvalue weighted by atomic mass is 79.9. The van der Waals surface area contributed by atoms with Crippen molar-refractivity contribution in [3.63, 3.8) is 0 Å². The number of hydrogen-bond acceptors (Lipinski definition) is 3. The minimum atomic E-state index is -4.43. The number of hydrogen-bond donors (Lipinski definition) is 1. The van der Waals surface area contributed by atoms with Gasteiger partial charge in [-0.05, 0) is 22.0 Å². The number of aromatic nitrogens is 1. The minimum absolute atomic E-state index is 0.0821. The van der Waals surface area contributed by atoms with E-state index in [-0.39, 0.29) is 11.4 Å². The molecule has 0 aliphatic heterocycles. The van der Waals surface area contributed by atoms with Crippen LogP contribution in [0.15, 0.2) is 16.7 Å². The van der Waals surface area contributed by atoms with E-state index in [4.69, 9.17) is 0 Å². The normalized spacial score (nSPS) is 11.2. The third-order valence-corrected chi connectivity index (χ3v) is 2.52. The summed E-state index contributed by atoms with van der Waals surface area (Å²) in [5.41, 5.74) is 0.0821. The van der Waals surface area contributed by atoms with Gasteiger partial charge >= 0.3 is 6.18 Å². The molecular formula is C10H11BrF3N3O. The summed E-state index contributed by atoms with van der Waals surface area (Å²) in [6.45, 7) is -1.30. The zero-order valence-electron chi connectivity index (χ0n) is 9.68. The Kier molecular flexibility index (Phi) is 4.55. The minimum Gasteiger partial charge on any atom is -0.372 e. The molecule has 100 valence electrons. The van der Waals surface area contributed by atoms with Crippen LogP contribution in [0.25, 0.3) is 0 Å². The number of amides is 1. The molecule has 1 N–H and O–H groups in total. The second-order valence-electron chi connectivity index (χ2n) is 3.58. The Labute approximate surface area is 110 Å². The average Bonchev–Trinajstić information content (AvgIpc) is 2.25. The summed E-state index contributed by atoms with van der Waals surface area (Å²) in [7, 11) is 2.63. The molecule has 0 radical (unpaired) electrons. The second-order valence-corrected chi connectivity index (χ2v) is 4.49. The Balaban J connectivity index is 2.99. The molecule has 4 nitrogen and oxygen atoms in total. The van der Waals surface area contributed by atoms with Gasteiger partial charge < -0.3 is 10.2 Å². The first-order valence-corrected chi connectivity index (χ1v) is 5.69. The van der Waals surface area contributed by atoms with Gasteiger partial charge in [-0.3, -0.25) is 4.79 Å². The molecule has 0 atom stereocenters. The first-order valence-electron chi connectivity index (χ1n) is 4.90. The van der Waals surface area contributed by atoms with Crippen molar-refractivity contribution in [3.05, 3.63) is 22.3 Å². The van der Waals surface area contributed by atoms with E-state index in [9.17, 15) is 18.0 Å². The number of halogens is 4. The molecule has 0 aliphatic carbocycles. The first-order chi connectivity index (χ1) is 8.24. The number of alkyl halides is 3. The van der Waals surface area contributed by atoms with E-state index in [1.807, 2.05) is 0 Å². The number of anilines is 1. The number of carbonyl (C=O) groups is 1. The Bertz CT molecular complexity index is 450. The zero-order valence-corrected chi connectivity index (χ0v) is 11.3. The Morgan fingerprint density at radius 2 is 2.17 bits per heavy atom. The van der Waals surface area contributed by atoms with Crippen LogP contribution in [0.1, 0.15) is 10.4 Å². The summed E-state index contributed by atoms with van der Waals surface area (Å²) in [6, 6.07) is 1.42. The molecular weight excluding hydrogens is 315 g/mol. The van der Waals surface area contributed by atoms with Gasteiger partial charge in [-0.1, -0.05) is 0 Å². The number of nitrogens with zero attached hydrogens (tertiary/aromatic N) is 2. The SMILES string of the molecule is CNc1ncc(Br)cc1C(=O)N(C)CC(F)(F)F. The topological polar surface area (TPSA) is 45.2 Å². The van der Waals surface area contributed by atoms with Crippen LogP contribution >= 0.6 is 15.9 Å². The predicted molar refractivity (Wildman–Crippen MR) is 64.5 cm³/mol. The lowest BCUT2D eigenvalue weighted by atomic mass is 10.2. The quantitative estimate of drug-likeness (QED) is 0.928. The molecule has 0 aliphatic rings. The van der Waals surface area contributed by atoms with E-state index in [0.717, 1.165) is 7.05 Å². The van der Waals surface area contributed by atoms with E-state index in [0.29, 0.717) is 9.37 Å². The van der Waals surface area contributed by atoms with E-state index in [1.165, 1.54) is 19.3 Å². The molecule has 1 aromatic heterocycles. The molecule has 18 heavy (non-hydrogen) atoms. The third kappa shape index (κ3) is 3.86. The molecule has 1 amide bonds. The van der Waals surface area contributed by atoms with Crippen molar-refractivity contribution in [2.24, 2.45) is 0 Å². The number of pyridine rings is 1. The van der Waals surface area contributed by atoms with Gasteiger partial charge in [0.1, 0.15) is 12.4 Å². The van der Waals surface area contributed by atoms with Gasteiger partial charge in [0, 0.05) is 24.8 Å². The summed E-state index contributed by atoms with van der Waals surface area (Å²) < 4.78 is 37.1. The molecule has 0 aromatic carbocycles. The molecule has 0 bridgehead atoms. The maximum absolute atomic E-state index is 12.2. The van der Waals surface area contributed by atoms with Crippen LogP contribution in [0.4, 0.5) is 19.0 Å². The van der Waals surface area contributed by atoms with Gasteiger partial charge in [-0.25, -0.2) is 4.98 Å². The molecule has 8 heteroatoms. The van der Waals surface area contributed by atoms with E-state index < -0.39 is 18.6 Å². The summed E-state index contributed by atoms with van der Waals surface area (Å²) in [5, 5.41) is 2.66. The maximum Gasteiger partial charge on any atom is 0.406 e. The fourth-order valence-corrected chi connectivity index (χ4v) is 1.68. The number of nitrogens with one attached hydrogen (secondary N) is 1. The molecule has 0 spiro atoms.